The standard InChI is InChI=1S/C13H21NO16S2/c1-27-12-4(14-32(24,25)26)5(15)9(3(28-12)2-31(21,22)23)29-13-8(18)6(16)7(17)10(30-13)11(19)20/h3-6,8-10,12-16,18H,2H2,1H3,(H,19,20)(H,21,22,23)(H,24,25,26)/t3?,4?,5-,6+,8?,9+,10?,12-,13-/m1/s1. The van der Waals surface area contributed by atoms with Crippen molar-refractivity contribution >= 4 is 32.2 Å². The highest BCUT2D eigenvalue weighted by Gasteiger charge is 2.53. The van der Waals surface area contributed by atoms with E-state index in [1.165, 1.54) is 0 Å². The van der Waals surface area contributed by atoms with E-state index in [9.17, 15) is 41.7 Å². The van der Waals surface area contributed by atoms with Crippen LogP contribution in [0.2, 0.25) is 0 Å². The first-order valence-corrected chi connectivity index (χ1v) is 11.6. The molecule has 0 radical (unpaired) electrons. The molecule has 9 atom stereocenters. The molecule has 0 amide bonds. The molecule has 0 aromatic rings. The number of carbonyl (C=O) groups excluding carboxylic acids is 1. The van der Waals surface area contributed by atoms with Crippen LogP contribution in [0.4, 0.5) is 0 Å². The Kier molecular flexibility index (Phi) is 8.29. The highest BCUT2D eigenvalue weighted by Crippen LogP contribution is 2.29. The van der Waals surface area contributed by atoms with Crippen molar-refractivity contribution in [2.75, 3.05) is 12.9 Å². The Bertz CT molecular complexity index is 920. The maximum Gasteiger partial charge on any atom is 0.340 e. The Morgan fingerprint density at radius 2 is 1.66 bits per heavy atom. The number of carbonyl (C=O) groups is 2. The largest absolute Gasteiger partial charge is 0.479 e. The van der Waals surface area contributed by atoms with E-state index in [0.717, 1.165) is 7.11 Å². The number of nitrogens with one attached hydrogen (secondary N) is 1. The van der Waals surface area contributed by atoms with Crippen LogP contribution in [0, 0.1) is 0 Å². The zero-order chi connectivity index (χ0) is 24.6. The minimum Gasteiger partial charge on any atom is -0.479 e. The summed E-state index contributed by atoms with van der Waals surface area (Å²) in [7, 11) is -8.85. The Hall–Kier alpha value is -1.36. The molecule has 0 bridgehead atoms. The van der Waals surface area contributed by atoms with E-state index in [1.807, 2.05) is 0 Å². The van der Waals surface area contributed by atoms with Gasteiger partial charge < -0.3 is 39.4 Å². The maximum atomic E-state index is 11.7. The number of carboxylic acids is 1. The second-order valence-corrected chi connectivity index (χ2v) is 9.48. The summed E-state index contributed by atoms with van der Waals surface area (Å²) in [5, 5.41) is 39.4. The van der Waals surface area contributed by atoms with E-state index in [1.54, 1.807) is 4.72 Å². The van der Waals surface area contributed by atoms with E-state index < -0.39 is 93.2 Å². The average molecular weight is 511 g/mol. The Balaban J connectivity index is 2.39. The fourth-order valence-corrected chi connectivity index (χ4v) is 4.41. The molecule has 2 fully saturated rings. The van der Waals surface area contributed by atoms with Gasteiger partial charge in [0, 0.05) is 7.11 Å². The third kappa shape index (κ3) is 6.36. The van der Waals surface area contributed by atoms with Gasteiger partial charge >= 0.3 is 16.3 Å². The molecule has 0 aliphatic carbocycles. The number of ketones is 1. The van der Waals surface area contributed by atoms with E-state index in [2.05, 4.69) is 0 Å². The summed E-state index contributed by atoms with van der Waals surface area (Å²) in [6.45, 7) is 0. The number of Topliss-reactive ketones (excluding diaryl/α,β-unsaturated/α-hetero) is 1. The van der Waals surface area contributed by atoms with Crippen LogP contribution in [0.25, 0.3) is 0 Å². The van der Waals surface area contributed by atoms with Gasteiger partial charge in [0.1, 0.15) is 42.3 Å². The molecular formula is C13H21NO16S2. The van der Waals surface area contributed by atoms with Crippen LogP contribution in [0.3, 0.4) is 0 Å². The summed E-state index contributed by atoms with van der Waals surface area (Å²) in [6, 6.07) is -1.85. The monoisotopic (exact) mass is 511 g/mol. The second kappa shape index (κ2) is 9.87. The number of aliphatic hydroxyl groups excluding tert-OH is 3. The predicted octanol–water partition coefficient (Wildman–Crippen LogP) is -5.15. The number of aliphatic carboxylic acids is 1. The van der Waals surface area contributed by atoms with Gasteiger partial charge in [-0.15, -0.1) is 0 Å². The third-order valence-electron chi connectivity index (χ3n) is 4.50. The fourth-order valence-electron chi connectivity index (χ4n) is 3.13. The minimum absolute atomic E-state index is 0.967. The summed E-state index contributed by atoms with van der Waals surface area (Å²) in [5.74, 6) is -4.56. The van der Waals surface area contributed by atoms with Gasteiger partial charge in [-0.3, -0.25) is 13.9 Å². The molecule has 0 aromatic heterocycles. The quantitative estimate of drug-likeness (QED) is 0.118. The van der Waals surface area contributed by atoms with Gasteiger partial charge in [0.2, 0.25) is 11.9 Å². The van der Waals surface area contributed by atoms with E-state index in [0.29, 0.717) is 0 Å². The van der Waals surface area contributed by atoms with Crippen molar-refractivity contribution in [2.24, 2.45) is 0 Å². The van der Waals surface area contributed by atoms with Crippen LogP contribution >= 0.6 is 0 Å². The molecule has 2 aliphatic rings. The molecule has 0 aromatic carbocycles. The molecule has 2 heterocycles. The summed E-state index contributed by atoms with van der Waals surface area (Å²) < 4.78 is 84.8. The first-order chi connectivity index (χ1) is 14.6. The molecule has 2 rings (SSSR count). The van der Waals surface area contributed by atoms with E-state index in [-0.39, 0.29) is 0 Å². The van der Waals surface area contributed by atoms with Gasteiger partial charge in [-0.05, 0) is 0 Å². The number of aliphatic hydroxyl groups is 3. The van der Waals surface area contributed by atoms with Crippen molar-refractivity contribution < 1.29 is 74.9 Å². The first-order valence-electron chi connectivity index (χ1n) is 8.55. The van der Waals surface area contributed by atoms with Crippen molar-refractivity contribution in [3.63, 3.8) is 0 Å². The van der Waals surface area contributed by atoms with Gasteiger partial charge in [0.25, 0.3) is 10.1 Å². The van der Waals surface area contributed by atoms with Crippen LogP contribution in [0.5, 0.6) is 0 Å². The van der Waals surface area contributed by atoms with Gasteiger partial charge in [0.15, 0.2) is 12.6 Å². The molecular weight excluding hydrogens is 490 g/mol. The normalized spacial score (nSPS) is 39.1. The first kappa shape index (κ1) is 26.9. The summed E-state index contributed by atoms with van der Waals surface area (Å²) in [4.78, 5) is 22.9. The SMILES string of the molecule is CO[C@@H]1OC(CS(=O)(=O)O)[C@H](O[C@@H]2OC(C(=O)O)C(=O)[C@H](O)C2O)[C@H](O)C1NS(=O)(=O)O. The third-order valence-corrected chi connectivity index (χ3v) is 5.82. The summed E-state index contributed by atoms with van der Waals surface area (Å²) in [6.07, 6.45) is -16.7. The minimum atomic E-state index is -4.99. The van der Waals surface area contributed by atoms with E-state index in [4.69, 9.17) is 33.2 Å². The number of carboxylic acid groups (broad SMARTS) is 1. The summed E-state index contributed by atoms with van der Waals surface area (Å²) in [5.41, 5.74) is 0. The number of ether oxygens (including phenoxy) is 4. The Morgan fingerprint density at radius 3 is 2.12 bits per heavy atom. The van der Waals surface area contributed by atoms with Gasteiger partial charge in [0.05, 0.1) is 0 Å². The van der Waals surface area contributed by atoms with Crippen molar-refractivity contribution in [2.45, 2.75) is 55.2 Å². The molecule has 186 valence electrons. The van der Waals surface area contributed by atoms with E-state index >= 15 is 0 Å². The molecule has 4 unspecified atom stereocenters. The molecule has 32 heavy (non-hydrogen) atoms. The van der Waals surface area contributed by atoms with Crippen LogP contribution in [-0.2, 0) is 49.0 Å². The lowest BCUT2D eigenvalue weighted by Gasteiger charge is -2.45. The van der Waals surface area contributed by atoms with Crippen molar-refractivity contribution in [1.29, 1.82) is 0 Å². The zero-order valence-corrected chi connectivity index (χ0v) is 17.6. The lowest BCUT2D eigenvalue weighted by atomic mass is 9.97. The molecule has 0 saturated carbocycles. The zero-order valence-electron chi connectivity index (χ0n) is 16.0. The van der Waals surface area contributed by atoms with Gasteiger partial charge in [-0.2, -0.15) is 21.6 Å². The number of methoxy groups -OCH3 is 1. The van der Waals surface area contributed by atoms with Gasteiger partial charge in [-0.1, -0.05) is 0 Å². The molecule has 19 heteroatoms. The van der Waals surface area contributed by atoms with Crippen molar-refractivity contribution in [1.82, 2.24) is 4.72 Å². The topological polar surface area (TPSA) is 273 Å². The maximum absolute atomic E-state index is 11.7. The molecule has 2 saturated heterocycles. The highest BCUT2D eigenvalue weighted by atomic mass is 32.2. The van der Waals surface area contributed by atoms with Crippen LogP contribution in [0.15, 0.2) is 0 Å². The van der Waals surface area contributed by atoms with Crippen molar-refractivity contribution in [3.8, 4) is 0 Å². The lowest BCUT2D eigenvalue weighted by Crippen LogP contribution is -2.67. The van der Waals surface area contributed by atoms with Crippen LogP contribution in [-0.4, -0.2) is 126 Å². The second-order valence-electron chi connectivity index (χ2n) is 6.80. The molecule has 17 nitrogen and oxygen atoms in total. The number of rotatable bonds is 8. The fraction of sp³-hybridized carbons (Fsp3) is 0.846. The smallest absolute Gasteiger partial charge is 0.340 e. The lowest BCUT2D eigenvalue weighted by molar-refractivity contribution is -0.316. The molecule has 2 aliphatic heterocycles. The average Bonchev–Trinajstić information content (AvgIpc) is 2.64. The number of hydrogen-bond donors (Lipinski definition) is 7. The molecule has 0 spiro atoms. The van der Waals surface area contributed by atoms with Crippen molar-refractivity contribution in [3.05, 3.63) is 0 Å². The molecule has 7 N–H and O–H groups in total. The Labute approximate surface area is 180 Å². The summed E-state index contributed by atoms with van der Waals surface area (Å²) >= 11 is 0. The predicted molar refractivity (Wildman–Crippen MR) is 94.8 cm³/mol. The van der Waals surface area contributed by atoms with Crippen LogP contribution in [0.1, 0.15) is 0 Å². The van der Waals surface area contributed by atoms with Crippen LogP contribution < -0.4 is 4.72 Å². The highest BCUT2D eigenvalue weighted by molar-refractivity contribution is 7.85. The number of hydrogen-bond acceptors (Lipinski definition) is 13. The van der Waals surface area contributed by atoms with Gasteiger partial charge in [-0.25, -0.2) is 4.79 Å². The Morgan fingerprint density at radius 1 is 1.06 bits per heavy atom.